The Labute approximate surface area is 225 Å². The van der Waals surface area contributed by atoms with Crippen molar-refractivity contribution in [3.8, 4) is 22.6 Å². The van der Waals surface area contributed by atoms with E-state index in [1.165, 1.54) is 16.7 Å². The van der Waals surface area contributed by atoms with Crippen molar-refractivity contribution >= 4 is 23.5 Å². The zero-order valence-electron chi connectivity index (χ0n) is 21.3. The lowest BCUT2D eigenvalue weighted by molar-refractivity contribution is -0.116. The summed E-state index contributed by atoms with van der Waals surface area (Å²) in [6.45, 7) is 0. The number of thioether (sulfide) groups is 1. The number of rotatable bonds is 7. The number of ether oxygens (including phenoxy) is 2. The average Bonchev–Trinajstić information content (AvgIpc) is 3.38. The lowest BCUT2D eigenvalue weighted by atomic mass is 9.85. The summed E-state index contributed by atoms with van der Waals surface area (Å²) in [5, 5.41) is 8.93. The molecule has 1 N–H and O–H groups in total. The summed E-state index contributed by atoms with van der Waals surface area (Å²) in [6.07, 6.45) is 2.18. The first-order valence-electron chi connectivity index (χ1n) is 12.6. The van der Waals surface area contributed by atoms with Gasteiger partial charge in [0.1, 0.15) is 6.04 Å². The minimum absolute atomic E-state index is 0.146. The number of hydrogen-bond acceptors (Lipinski definition) is 7. The zero-order valence-corrected chi connectivity index (χ0v) is 22.1. The van der Waals surface area contributed by atoms with Crippen LogP contribution in [0.1, 0.15) is 36.4 Å². The molecule has 0 fully saturated rings. The van der Waals surface area contributed by atoms with E-state index < -0.39 is 0 Å². The maximum Gasteiger partial charge on any atom is 0.227 e. The van der Waals surface area contributed by atoms with Crippen LogP contribution in [-0.2, 0) is 10.5 Å². The van der Waals surface area contributed by atoms with E-state index in [-0.39, 0.29) is 11.8 Å². The number of Topliss-reactive ketones (excluding diaryl/α,β-unsaturated/α-hetero) is 1. The molecule has 7 nitrogen and oxygen atoms in total. The van der Waals surface area contributed by atoms with Crippen LogP contribution in [0.15, 0.2) is 89.2 Å². The summed E-state index contributed by atoms with van der Waals surface area (Å²) in [5.74, 6) is 2.80. The second-order valence-corrected chi connectivity index (χ2v) is 10.3. The number of allylic oxidation sites excluding steroid dienone is 2. The lowest BCUT2D eigenvalue weighted by Gasteiger charge is -2.32. The van der Waals surface area contributed by atoms with Crippen LogP contribution in [0, 0.1) is 0 Å². The normalized spacial score (nSPS) is 16.5. The van der Waals surface area contributed by atoms with Gasteiger partial charge in [-0.25, -0.2) is 4.68 Å². The molecule has 0 unspecified atom stereocenters. The number of aromatic nitrogens is 3. The fraction of sp³-hybridized carbons (Fsp3) is 0.233. The number of hydrogen-bond donors (Lipinski definition) is 1. The number of carbonyl (C=O) groups is 1. The Morgan fingerprint density at radius 1 is 0.947 bits per heavy atom. The Kier molecular flexibility index (Phi) is 6.64. The molecule has 1 aliphatic heterocycles. The average molecular weight is 525 g/mol. The van der Waals surface area contributed by atoms with Gasteiger partial charge in [-0.3, -0.25) is 4.79 Å². The van der Waals surface area contributed by atoms with Gasteiger partial charge in [0.2, 0.25) is 11.1 Å². The molecule has 0 bridgehead atoms. The van der Waals surface area contributed by atoms with E-state index in [2.05, 4.69) is 53.8 Å². The third-order valence-electron chi connectivity index (χ3n) is 7.00. The van der Waals surface area contributed by atoms with Gasteiger partial charge in [-0.1, -0.05) is 72.4 Å². The summed E-state index contributed by atoms with van der Waals surface area (Å²) < 4.78 is 12.8. The summed E-state index contributed by atoms with van der Waals surface area (Å²) in [4.78, 5) is 17.9. The van der Waals surface area contributed by atoms with Crippen molar-refractivity contribution in [2.75, 3.05) is 19.5 Å². The first kappa shape index (κ1) is 24.3. The summed E-state index contributed by atoms with van der Waals surface area (Å²) in [7, 11) is 3.23. The van der Waals surface area contributed by atoms with Crippen LogP contribution in [-0.4, -0.2) is 34.8 Å². The van der Waals surface area contributed by atoms with Gasteiger partial charge >= 0.3 is 0 Å². The molecular formula is C30H28N4O3S. The van der Waals surface area contributed by atoms with Gasteiger partial charge in [-0.05, 0) is 47.2 Å². The smallest absolute Gasteiger partial charge is 0.227 e. The van der Waals surface area contributed by atoms with E-state index >= 15 is 0 Å². The largest absolute Gasteiger partial charge is 0.493 e. The third kappa shape index (κ3) is 4.56. The molecule has 0 amide bonds. The van der Waals surface area contributed by atoms with E-state index in [4.69, 9.17) is 19.6 Å². The maximum absolute atomic E-state index is 13.1. The van der Waals surface area contributed by atoms with E-state index in [0.717, 1.165) is 35.4 Å². The number of ketones is 1. The van der Waals surface area contributed by atoms with Gasteiger partial charge in [0.25, 0.3) is 0 Å². The van der Waals surface area contributed by atoms with Gasteiger partial charge in [-0.2, -0.15) is 4.98 Å². The molecule has 0 saturated carbocycles. The molecule has 192 valence electrons. The Morgan fingerprint density at radius 3 is 2.47 bits per heavy atom. The predicted molar refractivity (Wildman–Crippen MR) is 149 cm³/mol. The van der Waals surface area contributed by atoms with Gasteiger partial charge in [0.15, 0.2) is 17.3 Å². The van der Waals surface area contributed by atoms with Crippen LogP contribution in [0.5, 0.6) is 11.5 Å². The van der Waals surface area contributed by atoms with Crippen molar-refractivity contribution in [2.24, 2.45) is 0 Å². The molecule has 3 aromatic carbocycles. The van der Waals surface area contributed by atoms with E-state index in [1.807, 2.05) is 28.9 Å². The van der Waals surface area contributed by atoms with Crippen molar-refractivity contribution in [3.63, 3.8) is 0 Å². The van der Waals surface area contributed by atoms with Crippen LogP contribution < -0.4 is 14.8 Å². The minimum Gasteiger partial charge on any atom is -0.493 e. The number of anilines is 1. The molecular weight excluding hydrogens is 496 g/mol. The van der Waals surface area contributed by atoms with Crippen molar-refractivity contribution < 1.29 is 14.3 Å². The van der Waals surface area contributed by atoms with E-state index in [9.17, 15) is 4.79 Å². The summed E-state index contributed by atoms with van der Waals surface area (Å²) in [6, 6.07) is 24.3. The molecule has 1 aromatic heterocycles. The fourth-order valence-corrected chi connectivity index (χ4v) is 5.89. The monoisotopic (exact) mass is 524 g/mol. The number of methoxy groups -OCH3 is 2. The molecule has 1 aliphatic carbocycles. The Balaban J connectivity index is 1.28. The molecule has 38 heavy (non-hydrogen) atoms. The van der Waals surface area contributed by atoms with Crippen LogP contribution in [0.4, 0.5) is 5.95 Å². The van der Waals surface area contributed by atoms with E-state index in [1.54, 1.807) is 26.0 Å². The van der Waals surface area contributed by atoms with Gasteiger partial charge in [0, 0.05) is 23.4 Å². The molecule has 1 atom stereocenters. The first-order valence-corrected chi connectivity index (χ1v) is 13.6. The molecule has 0 radical (unpaired) electrons. The Morgan fingerprint density at radius 2 is 1.71 bits per heavy atom. The SMILES string of the molecule is COc1ccc([C@H]2C3=C(CCCC3=O)Nc3nc(SCc4ccc(-c5ccccc5)cc4)nn32)cc1OC. The van der Waals surface area contributed by atoms with Gasteiger partial charge in [-0.15, -0.1) is 5.10 Å². The van der Waals surface area contributed by atoms with Crippen LogP contribution in [0.25, 0.3) is 11.1 Å². The Hall–Kier alpha value is -4.04. The number of carbonyl (C=O) groups excluding carboxylic acids is 1. The van der Waals surface area contributed by atoms with Crippen LogP contribution in [0.2, 0.25) is 0 Å². The molecule has 0 spiro atoms. The van der Waals surface area contributed by atoms with Crippen LogP contribution in [0.3, 0.4) is 0 Å². The fourth-order valence-electron chi connectivity index (χ4n) is 5.10. The number of benzene rings is 3. The summed E-state index contributed by atoms with van der Waals surface area (Å²) >= 11 is 1.58. The second-order valence-electron chi connectivity index (χ2n) is 9.33. The van der Waals surface area contributed by atoms with Crippen molar-refractivity contribution in [1.82, 2.24) is 14.8 Å². The highest BCUT2D eigenvalue weighted by molar-refractivity contribution is 7.98. The standard InChI is InChI=1S/C30H28N4O3S/c1-36-25-16-15-22(17-26(25)37-2)28-27-23(9-6-10-24(27)35)31-29-32-30(33-34(28)29)38-18-19-11-13-21(14-12-19)20-7-4-3-5-8-20/h3-5,7-8,11-17,28H,6,9-10,18H2,1-2H3,(H,31,32,33)/t28-/m0/s1. The van der Waals surface area contributed by atoms with Gasteiger partial charge in [0.05, 0.1) is 14.2 Å². The molecule has 2 aliphatic rings. The molecule has 6 rings (SSSR count). The van der Waals surface area contributed by atoms with E-state index in [0.29, 0.717) is 29.0 Å². The maximum atomic E-state index is 13.1. The quantitative estimate of drug-likeness (QED) is 0.285. The highest BCUT2D eigenvalue weighted by Gasteiger charge is 2.37. The van der Waals surface area contributed by atoms with Crippen molar-refractivity contribution in [3.05, 3.63) is 95.2 Å². The predicted octanol–water partition coefficient (Wildman–Crippen LogP) is 6.28. The molecule has 0 saturated heterocycles. The minimum atomic E-state index is -0.374. The van der Waals surface area contributed by atoms with Crippen molar-refractivity contribution in [1.29, 1.82) is 0 Å². The van der Waals surface area contributed by atoms with Crippen LogP contribution >= 0.6 is 11.8 Å². The highest BCUT2D eigenvalue weighted by Crippen LogP contribution is 2.42. The first-order chi connectivity index (χ1) is 18.6. The molecule has 4 aromatic rings. The second kappa shape index (κ2) is 10.4. The number of nitrogens with one attached hydrogen (secondary N) is 1. The zero-order chi connectivity index (χ0) is 26.1. The highest BCUT2D eigenvalue weighted by atomic mass is 32.2. The third-order valence-corrected chi connectivity index (χ3v) is 7.91. The Bertz CT molecular complexity index is 1510. The lowest BCUT2D eigenvalue weighted by Crippen LogP contribution is -2.31. The van der Waals surface area contributed by atoms with Gasteiger partial charge < -0.3 is 14.8 Å². The topological polar surface area (TPSA) is 78.3 Å². The van der Waals surface area contributed by atoms with Crippen molar-refractivity contribution in [2.45, 2.75) is 36.2 Å². The number of fused-ring (bicyclic) bond motifs is 1. The molecule has 8 heteroatoms. The number of nitrogens with zero attached hydrogens (tertiary/aromatic N) is 3. The summed E-state index contributed by atoms with van der Waals surface area (Å²) in [5.41, 5.74) is 6.19. The molecule has 2 heterocycles.